The van der Waals surface area contributed by atoms with Crippen molar-refractivity contribution in [3.8, 4) is 12.3 Å². The number of nitrogen functional groups attached to an aromatic ring is 1. The number of aliphatic hydroxyl groups is 1. The standard InChI is InChI=1S/C12H15NO/c1-2-3-4-8-12(14)10-6-5-7-11(13)9-10/h1,5-7,9,12,14H,3-4,8,13H2. The highest BCUT2D eigenvalue weighted by Crippen LogP contribution is 2.20. The molecule has 0 fully saturated rings. The van der Waals surface area contributed by atoms with E-state index >= 15 is 0 Å². The van der Waals surface area contributed by atoms with Crippen LogP contribution in [-0.4, -0.2) is 5.11 Å². The molecule has 1 atom stereocenters. The van der Waals surface area contributed by atoms with Gasteiger partial charge in [-0.2, -0.15) is 0 Å². The van der Waals surface area contributed by atoms with Crippen molar-refractivity contribution in [3.63, 3.8) is 0 Å². The van der Waals surface area contributed by atoms with Crippen LogP contribution in [-0.2, 0) is 0 Å². The Morgan fingerprint density at radius 1 is 1.50 bits per heavy atom. The minimum atomic E-state index is -0.452. The molecule has 0 spiro atoms. The number of benzene rings is 1. The molecule has 0 amide bonds. The van der Waals surface area contributed by atoms with Crippen molar-refractivity contribution in [3.05, 3.63) is 29.8 Å². The summed E-state index contributed by atoms with van der Waals surface area (Å²) in [6, 6.07) is 7.31. The lowest BCUT2D eigenvalue weighted by atomic mass is 10.0. The van der Waals surface area contributed by atoms with Gasteiger partial charge in [-0.25, -0.2) is 0 Å². The Bertz CT molecular complexity index is 327. The molecular formula is C12H15NO. The van der Waals surface area contributed by atoms with E-state index in [1.54, 1.807) is 12.1 Å². The van der Waals surface area contributed by atoms with E-state index in [0.29, 0.717) is 18.5 Å². The first-order valence-corrected chi connectivity index (χ1v) is 4.71. The van der Waals surface area contributed by atoms with Gasteiger partial charge in [0.2, 0.25) is 0 Å². The first kappa shape index (κ1) is 10.6. The van der Waals surface area contributed by atoms with Crippen LogP contribution in [0.3, 0.4) is 0 Å². The van der Waals surface area contributed by atoms with Crippen LogP contribution in [0.1, 0.15) is 30.9 Å². The summed E-state index contributed by atoms with van der Waals surface area (Å²) in [5.41, 5.74) is 7.15. The summed E-state index contributed by atoms with van der Waals surface area (Å²) >= 11 is 0. The molecule has 3 N–H and O–H groups in total. The lowest BCUT2D eigenvalue weighted by Gasteiger charge is -2.10. The van der Waals surface area contributed by atoms with Gasteiger partial charge in [0.25, 0.3) is 0 Å². The summed E-state index contributed by atoms with van der Waals surface area (Å²) in [5, 5.41) is 9.75. The van der Waals surface area contributed by atoms with Crippen LogP contribution in [0.4, 0.5) is 5.69 Å². The molecular weight excluding hydrogens is 174 g/mol. The van der Waals surface area contributed by atoms with Crippen molar-refractivity contribution in [2.75, 3.05) is 5.73 Å². The van der Waals surface area contributed by atoms with Crippen LogP contribution < -0.4 is 5.73 Å². The number of hydrogen-bond donors (Lipinski definition) is 2. The minimum absolute atomic E-state index is 0.452. The second-order valence-electron chi connectivity index (χ2n) is 3.28. The number of terminal acetylenes is 1. The summed E-state index contributed by atoms with van der Waals surface area (Å²) in [4.78, 5) is 0. The molecule has 0 heterocycles. The second-order valence-corrected chi connectivity index (χ2v) is 3.28. The Morgan fingerprint density at radius 3 is 2.93 bits per heavy atom. The van der Waals surface area contributed by atoms with Crippen LogP contribution in [0, 0.1) is 12.3 Å². The zero-order chi connectivity index (χ0) is 10.4. The zero-order valence-electron chi connectivity index (χ0n) is 8.11. The monoisotopic (exact) mass is 189 g/mol. The highest BCUT2D eigenvalue weighted by atomic mass is 16.3. The molecule has 0 radical (unpaired) electrons. The Morgan fingerprint density at radius 2 is 2.29 bits per heavy atom. The van der Waals surface area contributed by atoms with Gasteiger partial charge < -0.3 is 10.8 Å². The highest BCUT2D eigenvalue weighted by molar-refractivity contribution is 5.41. The summed E-state index contributed by atoms with van der Waals surface area (Å²) in [6.07, 6.45) is 6.91. The van der Waals surface area contributed by atoms with Gasteiger partial charge in [-0.1, -0.05) is 12.1 Å². The SMILES string of the molecule is C#CCCCC(O)c1cccc(N)c1. The number of aliphatic hydroxyl groups excluding tert-OH is 1. The summed E-state index contributed by atoms with van der Waals surface area (Å²) < 4.78 is 0. The van der Waals surface area contributed by atoms with Gasteiger partial charge in [0, 0.05) is 12.1 Å². The van der Waals surface area contributed by atoms with Crippen LogP contribution in [0.2, 0.25) is 0 Å². The van der Waals surface area contributed by atoms with Crippen LogP contribution in [0.5, 0.6) is 0 Å². The van der Waals surface area contributed by atoms with Crippen molar-refractivity contribution < 1.29 is 5.11 Å². The third-order valence-electron chi connectivity index (χ3n) is 2.09. The first-order chi connectivity index (χ1) is 6.74. The molecule has 0 aliphatic carbocycles. The molecule has 0 aromatic heterocycles. The van der Waals surface area contributed by atoms with Gasteiger partial charge >= 0.3 is 0 Å². The molecule has 0 aliphatic rings. The Hall–Kier alpha value is -1.46. The third kappa shape index (κ3) is 3.12. The van der Waals surface area contributed by atoms with Crippen molar-refractivity contribution in [1.29, 1.82) is 0 Å². The van der Waals surface area contributed by atoms with E-state index in [2.05, 4.69) is 5.92 Å². The van der Waals surface area contributed by atoms with Crippen molar-refractivity contribution in [2.45, 2.75) is 25.4 Å². The molecule has 14 heavy (non-hydrogen) atoms. The van der Waals surface area contributed by atoms with Crippen molar-refractivity contribution >= 4 is 5.69 Å². The maximum absolute atomic E-state index is 9.75. The number of unbranched alkanes of at least 4 members (excludes halogenated alkanes) is 1. The van der Waals surface area contributed by atoms with Gasteiger partial charge in [-0.05, 0) is 30.5 Å². The number of hydrogen-bond acceptors (Lipinski definition) is 2. The third-order valence-corrected chi connectivity index (χ3v) is 2.09. The fraction of sp³-hybridized carbons (Fsp3) is 0.333. The molecule has 0 saturated heterocycles. The van der Waals surface area contributed by atoms with E-state index in [1.807, 2.05) is 12.1 Å². The zero-order valence-corrected chi connectivity index (χ0v) is 8.11. The molecule has 2 nitrogen and oxygen atoms in total. The van der Waals surface area contributed by atoms with Gasteiger partial charge in [0.05, 0.1) is 6.10 Å². The topological polar surface area (TPSA) is 46.2 Å². The molecule has 0 bridgehead atoms. The average molecular weight is 189 g/mol. The van der Waals surface area contributed by atoms with Gasteiger partial charge in [0.1, 0.15) is 0 Å². The molecule has 74 valence electrons. The molecule has 1 aromatic rings. The molecule has 0 aliphatic heterocycles. The molecule has 1 aromatic carbocycles. The number of anilines is 1. The summed E-state index contributed by atoms with van der Waals surface area (Å²) in [5.74, 6) is 2.55. The maximum Gasteiger partial charge on any atom is 0.0791 e. The van der Waals surface area contributed by atoms with Crippen LogP contribution in [0.15, 0.2) is 24.3 Å². The van der Waals surface area contributed by atoms with Gasteiger partial charge in [0.15, 0.2) is 0 Å². The summed E-state index contributed by atoms with van der Waals surface area (Å²) in [7, 11) is 0. The fourth-order valence-electron chi connectivity index (χ4n) is 1.33. The average Bonchev–Trinajstić information content (AvgIpc) is 2.18. The van der Waals surface area contributed by atoms with E-state index in [1.165, 1.54) is 0 Å². The van der Waals surface area contributed by atoms with E-state index < -0.39 is 6.10 Å². The van der Waals surface area contributed by atoms with Gasteiger partial charge in [-0.15, -0.1) is 12.3 Å². The molecule has 2 heteroatoms. The van der Waals surface area contributed by atoms with Gasteiger partial charge in [-0.3, -0.25) is 0 Å². The second kappa shape index (κ2) is 5.31. The van der Waals surface area contributed by atoms with Crippen LogP contribution >= 0.6 is 0 Å². The smallest absolute Gasteiger partial charge is 0.0791 e. The fourth-order valence-corrected chi connectivity index (χ4v) is 1.33. The molecule has 0 saturated carbocycles. The van der Waals surface area contributed by atoms with Crippen molar-refractivity contribution in [2.24, 2.45) is 0 Å². The van der Waals surface area contributed by atoms with E-state index in [-0.39, 0.29) is 0 Å². The Kier molecular flexibility index (Phi) is 4.03. The van der Waals surface area contributed by atoms with Crippen LogP contribution in [0.25, 0.3) is 0 Å². The molecule has 1 unspecified atom stereocenters. The Balaban J connectivity index is 2.52. The van der Waals surface area contributed by atoms with E-state index in [0.717, 1.165) is 12.0 Å². The quantitative estimate of drug-likeness (QED) is 0.433. The van der Waals surface area contributed by atoms with E-state index in [4.69, 9.17) is 12.2 Å². The Labute approximate surface area is 84.8 Å². The van der Waals surface area contributed by atoms with Crippen molar-refractivity contribution in [1.82, 2.24) is 0 Å². The lowest BCUT2D eigenvalue weighted by Crippen LogP contribution is -1.98. The lowest BCUT2D eigenvalue weighted by molar-refractivity contribution is 0.165. The normalized spacial score (nSPS) is 12.0. The number of nitrogens with two attached hydrogens (primary N) is 1. The predicted molar refractivity (Wildman–Crippen MR) is 58.5 cm³/mol. The maximum atomic E-state index is 9.75. The first-order valence-electron chi connectivity index (χ1n) is 4.71. The minimum Gasteiger partial charge on any atom is -0.399 e. The largest absolute Gasteiger partial charge is 0.399 e. The number of rotatable bonds is 4. The predicted octanol–water partition coefficient (Wildman–Crippen LogP) is 2.11. The molecule has 1 rings (SSSR count). The van der Waals surface area contributed by atoms with E-state index in [9.17, 15) is 5.11 Å². The highest BCUT2D eigenvalue weighted by Gasteiger charge is 2.06. The summed E-state index contributed by atoms with van der Waals surface area (Å²) in [6.45, 7) is 0.